The summed E-state index contributed by atoms with van der Waals surface area (Å²) in [5.41, 5.74) is 2.94. The van der Waals surface area contributed by atoms with E-state index in [2.05, 4.69) is 9.88 Å². The second-order valence-electron chi connectivity index (χ2n) is 9.23. The molecule has 2 aromatic carbocycles. The number of imidazole rings is 1. The van der Waals surface area contributed by atoms with Crippen molar-refractivity contribution in [2.75, 3.05) is 26.7 Å². The molecule has 1 aliphatic rings. The molecule has 2 heterocycles. The fraction of sp³-hybridized carbons (Fsp3) is 0.464. The van der Waals surface area contributed by atoms with Gasteiger partial charge >= 0.3 is 0 Å². The SMILES string of the molecule is COc1ccc(CC(=O)NCCCCCc2nc3ccccc3n2CC(=O)N2CCCCC2)cc1. The standard InChI is InChI=1S/C28H36N4O3/c1-35-23-15-13-22(14-16-23)20-27(33)29-17-7-2-4-12-26-30-24-10-5-6-11-25(24)32(26)21-28(34)31-18-8-3-9-19-31/h5-6,10-11,13-16H,2-4,7-9,12,17-21H2,1H3,(H,29,33). The van der Waals surface area contributed by atoms with Crippen LogP contribution in [0.2, 0.25) is 0 Å². The monoisotopic (exact) mass is 476 g/mol. The molecule has 4 rings (SSSR count). The van der Waals surface area contributed by atoms with Crippen LogP contribution in [-0.2, 0) is 29.0 Å². The van der Waals surface area contributed by atoms with Crippen molar-refractivity contribution in [3.63, 3.8) is 0 Å². The number of carbonyl (C=O) groups is 2. The summed E-state index contributed by atoms with van der Waals surface area (Å²) in [7, 11) is 1.63. The highest BCUT2D eigenvalue weighted by Crippen LogP contribution is 2.19. The quantitative estimate of drug-likeness (QED) is 0.422. The van der Waals surface area contributed by atoms with Crippen molar-refractivity contribution in [3.05, 3.63) is 59.9 Å². The van der Waals surface area contributed by atoms with Crippen molar-refractivity contribution in [3.8, 4) is 5.75 Å². The minimum atomic E-state index is 0.0354. The molecule has 0 radical (unpaired) electrons. The van der Waals surface area contributed by atoms with E-state index in [4.69, 9.17) is 9.72 Å². The molecule has 2 amide bonds. The average molecular weight is 477 g/mol. The first-order valence-electron chi connectivity index (χ1n) is 12.8. The number of likely N-dealkylation sites (tertiary alicyclic amines) is 1. The van der Waals surface area contributed by atoms with Crippen LogP contribution in [0.3, 0.4) is 0 Å². The van der Waals surface area contributed by atoms with Gasteiger partial charge in [0, 0.05) is 26.1 Å². The van der Waals surface area contributed by atoms with E-state index in [1.54, 1.807) is 7.11 Å². The number of carbonyl (C=O) groups excluding carboxylic acids is 2. The van der Waals surface area contributed by atoms with Gasteiger partial charge in [0.15, 0.2) is 0 Å². The van der Waals surface area contributed by atoms with Crippen LogP contribution >= 0.6 is 0 Å². The number of ether oxygens (including phenoxy) is 1. The van der Waals surface area contributed by atoms with Gasteiger partial charge in [0.05, 0.1) is 24.6 Å². The Morgan fingerprint density at radius 3 is 2.51 bits per heavy atom. The molecule has 3 aromatic rings. The minimum absolute atomic E-state index is 0.0354. The highest BCUT2D eigenvalue weighted by molar-refractivity contribution is 5.81. The largest absolute Gasteiger partial charge is 0.497 e. The van der Waals surface area contributed by atoms with Crippen molar-refractivity contribution in [1.29, 1.82) is 0 Å². The van der Waals surface area contributed by atoms with E-state index in [-0.39, 0.29) is 11.8 Å². The molecule has 0 bridgehead atoms. The van der Waals surface area contributed by atoms with Gasteiger partial charge in [-0.25, -0.2) is 4.98 Å². The first kappa shape index (κ1) is 24.8. The summed E-state index contributed by atoms with van der Waals surface area (Å²) in [4.78, 5) is 32.0. The van der Waals surface area contributed by atoms with Gasteiger partial charge in [0.2, 0.25) is 11.8 Å². The smallest absolute Gasteiger partial charge is 0.242 e. The molecular weight excluding hydrogens is 440 g/mol. The molecule has 1 N–H and O–H groups in total. The van der Waals surface area contributed by atoms with Gasteiger partial charge in [0.1, 0.15) is 18.1 Å². The zero-order valence-electron chi connectivity index (χ0n) is 20.7. The van der Waals surface area contributed by atoms with Crippen molar-refractivity contribution < 1.29 is 14.3 Å². The van der Waals surface area contributed by atoms with Crippen molar-refractivity contribution in [2.24, 2.45) is 0 Å². The normalized spacial score (nSPS) is 13.7. The van der Waals surface area contributed by atoms with E-state index in [1.807, 2.05) is 53.4 Å². The number of fused-ring (bicyclic) bond motifs is 1. The zero-order chi connectivity index (χ0) is 24.5. The van der Waals surface area contributed by atoms with Crippen molar-refractivity contribution in [2.45, 2.75) is 57.9 Å². The summed E-state index contributed by atoms with van der Waals surface area (Å²) >= 11 is 0. The van der Waals surface area contributed by atoms with Crippen LogP contribution < -0.4 is 10.1 Å². The predicted molar refractivity (Wildman–Crippen MR) is 137 cm³/mol. The molecule has 1 fully saturated rings. The number of rotatable bonds is 11. The maximum Gasteiger partial charge on any atom is 0.242 e. The third-order valence-electron chi connectivity index (χ3n) is 6.66. The number of hydrogen-bond donors (Lipinski definition) is 1. The minimum Gasteiger partial charge on any atom is -0.497 e. The van der Waals surface area contributed by atoms with E-state index in [1.165, 1.54) is 6.42 Å². The van der Waals surface area contributed by atoms with Gasteiger partial charge in [-0.05, 0) is 61.9 Å². The molecule has 0 saturated carbocycles. The maximum absolute atomic E-state index is 12.9. The predicted octanol–water partition coefficient (Wildman–Crippen LogP) is 4.13. The summed E-state index contributed by atoms with van der Waals surface area (Å²) in [6.07, 6.45) is 7.48. The van der Waals surface area contributed by atoms with Crippen molar-refractivity contribution in [1.82, 2.24) is 19.8 Å². The lowest BCUT2D eigenvalue weighted by molar-refractivity contribution is -0.132. The van der Waals surface area contributed by atoms with Gasteiger partial charge in [-0.15, -0.1) is 0 Å². The lowest BCUT2D eigenvalue weighted by Gasteiger charge is -2.27. The summed E-state index contributed by atoms with van der Waals surface area (Å²) in [5.74, 6) is 1.99. The number of para-hydroxylation sites is 2. The molecule has 1 aliphatic heterocycles. The second kappa shape index (κ2) is 12.4. The lowest BCUT2D eigenvalue weighted by atomic mass is 10.1. The lowest BCUT2D eigenvalue weighted by Crippen LogP contribution is -2.38. The molecule has 1 aromatic heterocycles. The number of amides is 2. The fourth-order valence-corrected chi connectivity index (χ4v) is 4.68. The van der Waals surface area contributed by atoms with E-state index in [9.17, 15) is 9.59 Å². The van der Waals surface area contributed by atoms with Gasteiger partial charge in [-0.1, -0.05) is 30.7 Å². The highest BCUT2D eigenvalue weighted by Gasteiger charge is 2.19. The third-order valence-corrected chi connectivity index (χ3v) is 6.66. The fourth-order valence-electron chi connectivity index (χ4n) is 4.68. The molecule has 0 aliphatic carbocycles. The van der Waals surface area contributed by atoms with Crippen molar-refractivity contribution >= 4 is 22.8 Å². The molecule has 35 heavy (non-hydrogen) atoms. The third kappa shape index (κ3) is 6.84. The Morgan fingerprint density at radius 1 is 0.971 bits per heavy atom. The number of benzene rings is 2. The molecule has 7 heteroatoms. The summed E-state index contributed by atoms with van der Waals surface area (Å²) in [6, 6.07) is 15.6. The van der Waals surface area contributed by atoms with Crippen LogP contribution in [0, 0.1) is 0 Å². The average Bonchev–Trinajstić information content (AvgIpc) is 3.24. The van der Waals surface area contributed by atoms with Crippen LogP contribution in [-0.4, -0.2) is 53.0 Å². The van der Waals surface area contributed by atoms with Gasteiger partial charge < -0.3 is 19.5 Å². The summed E-state index contributed by atoms with van der Waals surface area (Å²) in [5, 5.41) is 3.01. The molecule has 0 spiro atoms. The topological polar surface area (TPSA) is 76.5 Å². The summed E-state index contributed by atoms with van der Waals surface area (Å²) < 4.78 is 7.25. The van der Waals surface area contributed by atoms with Gasteiger partial charge in [-0.3, -0.25) is 9.59 Å². The number of aromatic nitrogens is 2. The molecular formula is C28H36N4O3. The summed E-state index contributed by atoms with van der Waals surface area (Å²) in [6.45, 7) is 2.76. The van der Waals surface area contributed by atoms with Crippen LogP contribution in [0.25, 0.3) is 11.0 Å². The second-order valence-corrected chi connectivity index (χ2v) is 9.23. The molecule has 186 valence electrons. The molecule has 1 saturated heterocycles. The van der Waals surface area contributed by atoms with Crippen LogP contribution in [0.1, 0.15) is 49.9 Å². The Morgan fingerprint density at radius 2 is 1.74 bits per heavy atom. The highest BCUT2D eigenvalue weighted by atomic mass is 16.5. The zero-order valence-corrected chi connectivity index (χ0v) is 20.7. The van der Waals surface area contributed by atoms with Crippen LogP contribution in [0.5, 0.6) is 5.75 Å². The number of aryl methyl sites for hydroxylation is 1. The van der Waals surface area contributed by atoms with Crippen LogP contribution in [0.15, 0.2) is 48.5 Å². The Bertz CT molecular complexity index is 1120. The Balaban J connectivity index is 1.24. The van der Waals surface area contributed by atoms with E-state index < -0.39 is 0 Å². The number of nitrogens with zero attached hydrogens (tertiary/aromatic N) is 3. The number of hydrogen-bond acceptors (Lipinski definition) is 4. The van der Waals surface area contributed by atoms with Gasteiger partial charge in [-0.2, -0.15) is 0 Å². The number of methoxy groups -OCH3 is 1. The molecule has 0 unspecified atom stereocenters. The van der Waals surface area contributed by atoms with E-state index in [0.29, 0.717) is 19.5 Å². The Kier molecular flexibility index (Phi) is 8.76. The van der Waals surface area contributed by atoms with Crippen LogP contribution in [0.4, 0.5) is 0 Å². The number of piperidine rings is 1. The maximum atomic E-state index is 12.9. The van der Waals surface area contributed by atoms with E-state index >= 15 is 0 Å². The van der Waals surface area contributed by atoms with Gasteiger partial charge in [0.25, 0.3) is 0 Å². The Hall–Kier alpha value is -3.35. The van der Waals surface area contributed by atoms with E-state index in [0.717, 1.165) is 79.8 Å². The number of nitrogens with one attached hydrogen (secondary N) is 1. The first-order chi connectivity index (χ1) is 17.1. The first-order valence-corrected chi connectivity index (χ1v) is 12.8. The molecule has 0 atom stereocenters. The Labute approximate surface area is 207 Å². The molecule has 7 nitrogen and oxygen atoms in total. The number of unbranched alkanes of at least 4 members (excludes halogenated alkanes) is 2.